The van der Waals surface area contributed by atoms with E-state index in [2.05, 4.69) is 10.3 Å². The lowest BCUT2D eigenvalue weighted by molar-refractivity contribution is -0.247. The maximum Gasteiger partial charge on any atom is 0.239 e. The molecule has 0 spiro atoms. The van der Waals surface area contributed by atoms with Gasteiger partial charge in [0.05, 0.1) is 32.1 Å². The van der Waals surface area contributed by atoms with Gasteiger partial charge in [0.1, 0.15) is 5.69 Å². The van der Waals surface area contributed by atoms with Crippen molar-refractivity contribution in [3.63, 3.8) is 0 Å². The number of pyridine rings is 1. The fourth-order valence-electron chi connectivity index (χ4n) is 2.08. The maximum absolute atomic E-state index is 5.66. The lowest BCUT2D eigenvalue weighted by atomic mass is 10.2. The Kier molecular flexibility index (Phi) is 4.35. The number of ether oxygens (including phenoxy) is 3. The zero-order chi connectivity index (χ0) is 14.8. The molecule has 1 aliphatic rings. The summed E-state index contributed by atoms with van der Waals surface area (Å²) in [6.45, 7) is 4.99. The number of nitrogens with one attached hydrogen (secondary N) is 1. The van der Waals surface area contributed by atoms with Gasteiger partial charge in [-0.2, -0.15) is 0 Å². The van der Waals surface area contributed by atoms with Gasteiger partial charge in [-0.1, -0.05) is 0 Å². The summed E-state index contributed by atoms with van der Waals surface area (Å²) >= 11 is 0. The van der Waals surface area contributed by atoms with E-state index in [1.165, 1.54) is 0 Å². The number of hydrogen-bond donors (Lipinski definition) is 1. The molecule has 0 unspecified atom stereocenters. The quantitative estimate of drug-likeness (QED) is 0.907. The molecule has 6 heteroatoms. The minimum absolute atomic E-state index is 0.0693. The van der Waals surface area contributed by atoms with Gasteiger partial charge in [-0.15, -0.1) is 0 Å². The highest BCUT2D eigenvalue weighted by Gasteiger charge is 2.29. The van der Waals surface area contributed by atoms with Gasteiger partial charge >= 0.3 is 0 Å². The van der Waals surface area contributed by atoms with Crippen LogP contribution in [0.5, 0.6) is 5.88 Å². The number of rotatable bonds is 4. The highest BCUT2D eigenvalue weighted by atomic mass is 16.7. The summed E-state index contributed by atoms with van der Waals surface area (Å²) in [5, 5.41) is 3.41. The third-order valence-electron chi connectivity index (χ3n) is 3.18. The molecule has 2 rings (SSSR count). The molecule has 1 aromatic heterocycles. The van der Waals surface area contributed by atoms with Crippen molar-refractivity contribution < 1.29 is 14.2 Å². The first-order valence-corrected chi connectivity index (χ1v) is 6.67. The monoisotopic (exact) mass is 281 g/mol. The molecule has 20 heavy (non-hydrogen) atoms. The van der Waals surface area contributed by atoms with Crippen molar-refractivity contribution in [3.05, 3.63) is 12.3 Å². The van der Waals surface area contributed by atoms with Crippen LogP contribution in [0.1, 0.15) is 13.8 Å². The first-order valence-electron chi connectivity index (χ1n) is 6.67. The Balaban J connectivity index is 2.16. The summed E-state index contributed by atoms with van der Waals surface area (Å²) in [5.41, 5.74) is 1.87. The van der Waals surface area contributed by atoms with Crippen LogP contribution in [0.3, 0.4) is 0 Å². The molecular weight excluding hydrogens is 258 g/mol. The van der Waals surface area contributed by atoms with E-state index in [0.29, 0.717) is 19.1 Å². The third-order valence-corrected chi connectivity index (χ3v) is 3.18. The smallest absolute Gasteiger partial charge is 0.239 e. The van der Waals surface area contributed by atoms with Gasteiger partial charge in [-0.3, -0.25) is 0 Å². The van der Waals surface area contributed by atoms with Crippen LogP contribution in [0.2, 0.25) is 0 Å². The summed E-state index contributed by atoms with van der Waals surface area (Å²) in [5.74, 6) is 0.0581. The second-order valence-corrected chi connectivity index (χ2v) is 5.47. The van der Waals surface area contributed by atoms with Crippen molar-refractivity contribution in [2.45, 2.75) is 25.7 Å². The summed E-state index contributed by atoms with van der Waals surface area (Å²) in [6, 6.07) is 2.01. The van der Waals surface area contributed by atoms with Crippen molar-refractivity contribution in [3.8, 4) is 5.88 Å². The summed E-state index contributed by atoms with van der Waals surface area (Å²) in [7, 11) is 5.58. The van der Waals surface area contributed by atoms with Crippen LogP contribution in [-0.2, 0) is 9.47 Å². The molecule has 6 nitrogen and oxygen atoms in total. The Bertz CT molecular complexity index is 453. The highest BCUT2D eigenvalue weighted by molar-refractivity contribution is 5.74. The molecule has 1 saturated heterocycles. The average Bonchev–Trinajstić information content (AvgIpc) is 2.41. The Morgan fingerprint density at radius 1 is 1.35 bits per heavy atom. The molecule has 0 atom stereocenters. The van der Waals surface area contributed by atoms with E-state index < -0.39 is 5.79 Å². The first-order chi connectivity index (χ1) is 9.43. The summed E-state index contributed by atoms with van der Waals surface area (Å²) < 4.78 is 16.7. The van der Waals surface area contributed by atoms with Crippen molar-refractivity contribution in [2.75, 3.05) is 44.6 Å². The van der Waals surface area contributed by atoms with Gasteiger partial charge in [0.25, 0.3) is 0 Å². The van der Waals surface area contributed by atoms with E-state index in [4.69, 9.17) is 14.2 Å². The van der Waals surface area contributed by atoms with Gasteiger partial charge in [0.15, 0.2) is 5.79 Å². The SMILES string of the molecule is COc1nccc(N(C)C)c1NC1COC(C)(C)OC1. The predicted octanol–water partition coefficient (Wildman–Crippen LogP) is 1.72. The van der Waals surface area contributed by atoms with Crippen molar-refractivity contribution in [1.82, 2.24) is 4.98 Å². The molecule has 0 bridgehead atoms. The standard InChI is InChI=1S/C14H23N3O3/c1-14(2)19-8-10(9-20-14)16-12-11(17(3)4)6-7-15-13(12)18-5/h6-7,10,16H,8-9H2,1-5H3. The normalized spacial score (nSPS) is 18.6. The molecule has 1 aliphatic heterocycles. The Morgan fingerprint density at radius 2 is 2.00 bits per heavy atom. The van der Waals surface area contributed by atoms with Crippen LogP contribution in [0.15, 0.2) is 12.3 Å². The molecule has 2 heterocycles. The number of hydrogen-bond acceptors (Lipinski definition) is 6. The van der Waals surface area contributed by atoms with Crippen LogP contribution in [0.25, 0.3) is 0 Å². The molecule has 0 radical (unpaired) electrons. The average molecular weight is 281 g/mol. The van der Waals surface area contributed by atoms with Gasteiger partial charge < -0.3 is 24.4 Å². The van der Waals surface area contributed by atoms with Crippen LogP contribution >= 0.6 is 0 Å². The lowest BCUT2D eigenvalue weighted by Gasteiger charge is -2.36. The van der Waals surface area contributed by atoms with E-state index in [9.17, 15) is 0 Å². The van der Waals surface area contributed by atoms with Gasteiger partial charge in [0, 0.05) is 20.3 Å². The molecular formula is C14H23N3O3. The van der Waals surface area contributed by atoms with Crippen LogP contribution < -0.4 is 15.0 Å². The van der Waals surface area contributed by atoms with E-state index in [1.54, 1.807) is 13.3 Å². The van der Waals surface area contributed by atoms with Crippen molar-refractivity contribution >= 4 is 11.4 Å². The molecule has 1 aromatic rings. The van der Waals surface area contributed by atoms with E-state index in [-0.39, 0.29) is 6.04 Å². The zero-order valence-electron chi connectivity index (χ0n) is 12.8. The van der Waals surface area contributed by atoms with Gasteiger partial charge in [0.2, 0.25) is 5.88 Å². The van der Waals surface area contributed by atoms with Gasteiger partial charge in [-0.25, -0.2) is 4.98 Å². The van der Waals surface area contributed by atoms with E-state index in [1.807, 2.05) is 38.9 Å². The minimum atomic E-state index is -0.512. The fraction of sp³-hybridized carbons (Fsp3) is 0.643. The largest absolute Gasteiger partial charge is 0.479 e. The molecule has 0 saturated carbocycles. The fourth-order valence-corrected chi connectivity index (χ4v) is 2.08. The van der Waals surface area contributed by atoms with Crippen LogP contribution in [-0.4, -0.2) is 51.2 Å². The number of nitrogens with zero attached hydrogens (tertiary/aromatic N) is 2. The predicted molar refractivity (Wildman–Crippen MR) is 78.5 cm³/mol. The molecule has 0 aliphatic carbocycles. The van der Waals surface area contributed by atoms with Crippen molar-refractivity contribution in [1.29, 1.82) is 0 Å². The molecule has 0 aromatic carbocycles. The van der Waals surface area contributed by atoms with Crippen molar-refractivity contribution in [2.24, 2.45) is 0 Å². The Hall–Kier alpha value is -1.53. The first kappa shape index (κ1) is 14.9. The number of methoxy groups -OCH3 is 1. The number of aromatic nitrogens is 1. The Morgan fingerprint density at radius 3 is 2.55 bits per heavy atom. The zero-order valence-corrected chi connectivity index (χ0v) is 12.8. The van der Waals surface area contributed by atoms with Crippen LogP contribution in [0, 0.1) is 0 Å². The Labute approximate surface area is 120 Å². The topological polar surface area (TPSA) is 55.9 Å². The van der Waals surface area contributed by atoms with E-state index in [0.717, 1.165) is 11.4 Å². The molecule has 112 valence electrons. The lowest BCUT2D eigenvalue weighted by Crippen LogP contribution is -2.45. The second-order valence-electron chi connectivity index (χ2n) is 5.47. The maximum atomic E-state index is 5.66. The summed E-state index contributed by atoms with van der Waals surface area (Å²) in [6.07, 6.45) is 1.73. The van der Waals surface area contributed by atoms with Gasteiger partial charge in [-0.05, 0) is 19.9 Å². The molecule has 1 fully saturated rings. The second kappa shape index (κ2) is 5.85. The number of anilines is 2. The molecule has 0 amide bonds. The van der Waals surface area contributed by atoms with E-state index >= 15 is 0 Å². The third kappa shape index (κ3) is 3.32. The molecule has 1 N–H and O–H groups in total. The van der Waals surface area contributed by atoms with Crippen LogP contribution in [0.4, 0.5) is 11.4 Å². The highest BCUT2D eigenvalue weighted by Crippen LogP contribution is 2.33. The summed E-state index contributed by atoms with van der Waals surface area (Å²) in [4.78, 5) is 6.26. The minimum Gasteiger partial charge on any atom is -0.479 e.